The Balaban J connectivity index is 2.63. The quantitative estimate of drug-likeness (QED) is 0.796. The summed E-state index contributed by atoms with van der Waals surface area (Å²) in [6, 6.07) is 3.75. The zero-order valence-electron chi connectivity index (χ0n) is 7.25. The van der Waals surface area contributed by atoms with Crippen molar-refractivity contribution in [1.82, 2.24) is 4.98 Å². The van der Waals surface area contributed by atoms with E-state index in [1.165, 1.54) is 0 Å². The van der Waals surface area contributed by atoms with Crippen molar-refractivity contribution in [3.8, 4) is 5.88 Å². The fraction of sp³-hybridized carbons (Fsp3) is 0.444. The summed E-state index contributed by atoms with van der Waals surface area (Å²) in [7, 11) is 0. The molecule has 0 spiro atoms. The molecule has 0 N–H and O–H groups in total. The van der Waals surface area contributed by atoms with Crippen molar-refractivity contribution in [2.24, 2.45) is 0 Å². The van der Waals surface area contributed by atoms with Gasteiger partial charge in [0.1, 0.15) is 0 Å². The number of hydrogen-bond acceptors (Lipinski definition) is 2. The third-order valence-corrected chi connectivity index (χ3v) is 2.09. The van der Waals surface area contributed by atoms with E-state index in [1.54, 1.807) is 6.20 Å². The van der Waals surface area contributed by atoms with Crippen LogP contribution in [0.3, 0.4) is 0 Å². The molecule has 0 fully saturated rings. The summed E-state index contributed by atoms with van der Waals surface area (Å²) in [6.07, 6.45) is 2.95. The maximum atomic E-state index is 5.50. The molecule has 0 aliphatic heterocycles. The van der Waals surface area contributed by atoms with Gasteiger partial charge in [-0.05, 0) is 19.4 Å². The Hall–Kier alpha value is -0.570. The number of hydrogen-bond donors (Lipinski definition) is 0. The van der Waals surface area contributed by atoms with Crippen LogP contribution in [-0.2, 0) is 0 Å². The third kappa shape index (κ3) is 2.81. The first-order chi connectivity index (χ1) is 5.72. The molecule has 3 heteroatoms. The molecule has 0 amide bonds. The van der Waals surface area contributed by atoms with Crippen molar-refractivity contribution in [3.05, 3.63) is 22.8 Å². The SMILES string of the molecule is CC[C@H](C)Oc1cc(Br)ccn1. The standard InChI is InChI=1S/C9H12BrNO/c1-3-7(2)12-9-6-8(10)4-5-11-9/h4-7H,3H2,1-2H3/t7-/m0/s1. The van der Waals surface area contributed by atoms with E-state index in [2.05, 4.69) is 27.8 Å². The summed E-state index contributed by atoms with van der Waals surface area (Å²) in [6.45, 7) is 4.12. The van der Waals surface area contributed by atoms with Gasteiger partial charge >= 0.3 is 0 Å². The Kier molecular flexibility index (Phi) is 3.53. The molecule has 2 nitrogen and oxygen atoms in total. The average Bonchev–Trinajstić information content (AvgIpc) is 2.04. The predicted molar refractivity (Wildman–Crippen MR) is 52.3 cm³/mol. The largest absolute Gasteiger partial charge is 0.475 e. The van der Waals surface area contributed by atoms with Crippen LogP contribution in [0.15, 0.2) is 22.8 Å². The first kappa shape index (κ1) is 9.52. The second-order valence-electron chi connectivity index (χ2n) is 2.65. The maximum absolute atomic E-state index is 5.50. The molecule has 0 saturated heterocycles. The lowest BCUT2D eigenvalue weighted by atomic mass is 10.3. The van der Waals surface area contributed by atoms with Crippen molar-refractivity contribution in [2.75, 3.05) is 0 Å². The van der Waals surface area contributed by atoms with Crippen molar-refractivity contribution < 1.29 is 4.74 Å². The summed E-state index contributed by atoms with van der Waals surface area (Å²) in [5.74, 6) is 0.679. The van der Waals surface area contributed by atoms with E-state index in [-0.39, 0.29) is 6.10 Å². The molecule has 0 aromatic carbocycles. The van der Waals surface area contributed by atoms with Gasteiger partial charge in [-0.3, -0.25) is 0 Å². The first-order valence-electron chi connectivity index (χ1n) is 4.00. The zero-order chi connectivity index (χ0) is 8.97. The fourth-order valence-corrected chi connectivity index (χ4v) is 1.05. The van der Waals surface area contributed by atoms with E-state index < -0.39 is 0 Å². The van der Waals surface area contributed by atoms with E-state index in [9.17, 15) is 0 Å². The molecule has 0 radical (unpaired) electrons. The summed E-state index contributed by atoms with van der Waals surface area (Å²) >= 11 is 3.35. The van der Waals surface area contributed by atoms with E-state index in [0.29, 0.717) is 5.88 Å². The summed E-state index contributed by atoms with van der Waals surface area (Å²) in [4.78, 5) is 4.08. The molecular weight excluding hydrogens is 218 g/mol. The van der Waals surface area contributed by atoms with E-state index in [4.69, 9.17) is 4.74 Å². The normalized spacial score (nSPS) is 12.6. The second-order valence-corrected chi connectivity index (χ2v) is 3.56. The first-order valence-corrected chi connectivity index (χ1v) is 4.80. The number of rotatable bonds is 3. The number of aromatic nitrogens is 1. The molecule has 0 saturated carbocycles. The third-order valence-electron chi connectivity index (χ3n) is 1.59. The molecule has 0 bridgehead atoms. The lowest BCUT2D eigenvalue weighted by molar-refractivity contribution is 0.208. The van der Waals surface area contributed by atoms with Gasteiger partial charge in [0.15, 0.2) is 0 Å². The highest BCUT2D eigenvalue weighted by Gasteiger charge is 2.01. The van der Waals surface area contributed by atoms with Gasteiger partial charge in [-0.1, -0.05) is 22.9 Å². The molecule has 0 unspecified atom stereocenters. The monoisotopic (exact) mass is 229 g/mol. The molecule has 66 valence electrons. The van der Waals surface area contributed by atoms with Crippen LogP contribution in [0.4, 0.5) is 0 Å². The number of halogens is 1. The van der Waals surface area contributed by atoms with Gasteiger partial charge in [-0.2, -0.15) is 0 Å². The van der Waals surface area contributed by atoms with Crippen LogP contribution in [-0.4, -0.2) is 11.1 Å². The number of ether oxygens (including phenoxy) is 1. The Morgan fingerprint density at radius 1 is 1.67 bits per heavy atom. The molecule has 1 aromatic heterocycles. The number of nitrogens with zero attached hydrogens (tertiary/aromatic N) is 1. The van der Waals surface area contributed by atoms with Crippen LogP contribution in [0.2, 0.25) is 0 Å². The topological polar surface area (TPSA) is 22.1 Å². The van der Waals surface area contributed by atoms with Crippen molar-refractivity contribution in [1.29, 1.82) is 0 Å². The van der Waals surface area contributed by atoms with Crippen LogP contribution < -0.4 is 4.74 Å². The highest BCUT2D eigenvalue weighted by Crippen LogP contribution is 2.16. The van der Waals surface area contributed by atoms with Crippen LogP contribution in [0, 0.1) is 0 Å². The van der Waals surface area contributed by atoms with Crippen LogP contribution in [0.5, 0.6) is 5.88 Å². The van der Waals surface area contributed by atoms with Crippen LogP contribution in [0.25, 0.3) is 0 Å². The minimum absolute atomic E-state index is 0.229. The zero-order valence-corrected chi connectivity index (χ0v) is 8.84. The molecule has 0 aliphatic carbocycles. The maximum Gasteiger partial charge on any atom is 0.214 e. The summed E-state index contributed by atoms with van der Waals surface area (Å²) in [5, 5.41) is 0. The molecule has 1 atom stereocenters. The van der Waals surface area contributed by atoms with Gasteiger partial charge in [-0.25, -0.2) is 4.98 Å². The Morgan fingerprint density at radius 3 is 3.00 bits per heavy atom. The van der Waals surface area contributed by atoms with Gasteiger partial charge in [0.2, 0.25) is 5.88 Å². The summed E-state index contributed by atoms with van der Waals surface area (Å²) in [5.41, 5.74) is 0. The minimum Gasteiger partial charge on any atom is -0.475 e. The molecule has 12 heavy (non-hydrogen) atoms. The van der Waals surface area contributed by atoms with Gasteiger partial charge in [0.25, 0.3) is 0 Å². The van der Waals surface area contributed by atoms with Gasteiger partial charge in [-0.15, -0.1) is 0 Å². The van der Waals surface area contributed by atoms with E-state index in [0.717, 1.165) is 10.9 Å². The van der Waals surface area contributed by atoms with Crippen LogP contribution in [0.1, 0.15) is 20.3 Å². The van der Waals surface area contributed by atoms with Gasteiger partial charge in [0, 0.05) is 16.7 Å². The highest BCUT2D eigenvalue weighted by molar-refractivity contribution is 9.10. The molecule has 1 aromatic rings. The molecule has 0 aliphatic rings. The lowest BCUT2D eigenvalue weighted by Crippen LogP contribution is -2.10. The van der Waals surface area contributed by atoms with Gasteiger partial charge < -0.3 is 4.74 Å². The Bertz CT molecular complexity index is 252. The Labute approximate surface area is 81.1 Å². The second kappa shape index (κ2) is 4.45. The molecular formula is C9H12BrNO. The minimum atomic E-state index is 0.229. The highest BCUT2D eigenvalue weighted by atomic mass is 79.9. The fourth-order valence-electron chi connectivity index (χ4n) is 0.739. The van der Waals surface area contributed by atoms with E-state index >= 15 is 0 Å². The van der Waals surface area contributed by atoms with Crippen LogP contribution >= 0.6 is 15.9 Å². The van der Waals surface area contributed by atoms with E-state index in [1.807, 2.05) is 19.1 Å². The Morgan fingerprint density at radius 2 is 2.42 bits per heavy atom. The summed E-state index contributed by atoms with van der Waals surface area (Å²) < 4.78 is 6.50. The molecule has 1 heterocycles. The smallest absolute Gasteiger partial charge is 0.214 e. The van der Waals surface area contributed by atoms with Crippen molar-refractivity contribution >= 4 is 15.9 Å². The van der Waals surface area contributed by atoms with Crippen molar-refractivity contribution in [2.45, 2.75) is 26.4 Å². The average molecular weight is 230 g/mol. The van der Waals surface area contributed by atoms with Crippen molar-refractivity contribution in [3.63, 3.8) is 0 Å². The number of pyridine rings is 1. The predicted octanol–water partition coefficient (Wildman–Crippen LogP) is 3.02. The van der Waals surface area contributed by atoms with Gasteiger partial charge in [0.05, 0.1) is 6.10 Å². The lowest BCUT2D eigenvalue weighted by Gasteiger charge is -2.10. The molecule has 1 rings (SSSR count).